The monoisotopic (exact) mass is 372 g/mol. The number of nitrogens with two attached hydrogens (primary N) is 1. The molecule has 0 aliphatic carbocycles. The Hall–Kier alpha value is -0.370. The zero-order valence-corrected chi connectivity index (χ0v) is 13.7. The van der Waals surface area contributed by atoms with Gasteiger partial charge in [-0.3, -0.25) is 0 Å². The molecule has 0 atom stereocenters. The first-order chi connectivity index (χ1) is 8.74. The maximum Gasteiger partial charge on any atom is 0.243 e. The lowest BCUT2D eigenvalue weighted by Gasteiger charge is -2.16. The molecule has 1 rings (SSSR count). The van der Waals surface area contributed by atoms with E-state index >= 15 is 0 Å². The summed E-state index contributed by atoms with van der Waals surface area (Å²) in [5.41, 5.74) is 5.16. The number of benzene rings is 1. The molecule has 0 unspecified atom stereocenters. The Bertz CT molecular complexity index is 577. The third-order valence-electron chi connectivity index (χ3n) is 2.75. The van der Waals surface area contributed by atoms with Crippen molar-refractivity contribution in [3.8, 4) is 0 Å². The maximum absolute atomic E-state index is 14.0. The fraction of sp³-hybridized carbons (Fsp3) is 0.455. The van der Waals surface area contributed by atoms with Crippen LogP contribution in [0.15, 0.2) is 15.4 Å². The molecule has 0 aliphatic rings. The maximum atomic E-state index is 14.0. The highest BCUT2D eigenvalue weighted by atomic mass is 79.9. The van der Waals surface area contributed by atoms with Crippen molar-refractivity contribution in [2.24, 2.45) is 0 Å². The molecule has 0 fully saturated rings. The van der Waals surface area contributed by atoms with E-state index in [0.717, 1.165) is 6.07 Å². The van der Waals surface area contributed by atoms with Crippen molar-refractivity contribution in [1.29, 1.82) is 0 Å². The third-order valence-corrected chi connectivity index (χ3v) is 5.65. The lowest BCUT2D eigenvalue weighted by Crippen LogP contribution is -2.34. The molecule has 0 spiro atoms. The second kappa shape index (κ2) is 6.39. The number of hydrogen-bond acceptors (Lipinski definition) is 3. The van der Waals surface area contributed by atoms with Crippen LogP contribution in [0.25, 0.3) is 0 Å². The van der Waals surface area contributed by atoms with Crippen LogP contribution in [0, 0.1) is 5.82 Å². The molecule has 1 aromatic carbocycles. The zero-order valence-electron chi connectivity index (χ0n) is 10.5. The molecule has 108 valence electrons. The molecule has 1 aromatic rings. The standard InChI is InChI=1S/C11H15BrClFN2O2S/c1-3-6(4-2)16-19(17,18)8-5-7(13)9(12)11(15)10(8)14/h5-6,16H,3-4,15H2,1-2H3. The summed E-state index contributed by atoms with van der Waals surface area (Å²) in [6, 6.07) is 0.787. The van der Waals surface area contributed by atoms with Crippen LogP contribution in [0.5, 0.6) is 0 Å². The first-order valence-electron chi connectivity index (χ1n) is 5.69. The molecule has 19 heavy (non-hydrogen) atoms. The SMILES string of the molecule is CCC(CC)NS(=O)(=O)c1cc(Cl)c(Br)c(N)c1F. The van der Waals surface area contributed by atoms with Gasteiger partial charge in [0.2, 0.25) is 10.0 Å². The minimum atomic E-state index is -3.99. The quantitative estimate of drug-likeness (QED) is 0.614. The van der Waals surface area contributed by atoms with E-state index in [4.69, 9.17) is 17.3 Å². The molecule has 0 aromatic heterocycles. The van der Waals surface area contributed by atoms with Gasteiger partial charge in [0, 0.05) is 6.04 Å². The molecule has 0 radical (unpaired) electrons. The smallest absolute Gasteiger partial charge is 0.243 e. The predicted octanol–water partition coefficient (Wildman–Crippen LogP) is 3.29. The lowest BCUT2D eigenvalue weighted by atomic mass is 10.2. The number of hydrogen-bond donors (Lipinski definition) is 2. The number of nitrogens with one attached hydrogen (secondary N) is 1. The van der Waals surface area contributed by atoms with Gasteiger partial charge in [-0.2, -0.15) is 0 Å². The topological polar surface area (TPSA) is 72.2 Å². The molecule has 0 bridgehead atoms. The summed E-state index contributed by atoms with van der Waals surface area (Å²) in [5, 5.41) is 0.0452. The Labute approximate surface area is 125 Å². The van der Waals surface area contributed by atoms with E-state index in [1.165, 1.54) is 0 Å². The van der Waals surface area contributed by atoms with E-state index in [0.29, 0.717) is 12.8 Å². The summed E-state index contributed by atoms with van der Waals surface area (Å²) in [6.45, 7) is 3.69. The van der Waals surface area contributed by atoms with Gasteiger partial charge in [0.1, 0.15) is 4.90 Å². The first-order valence-corrected chi connectivity index (χ1v) is 8.35. The van der Waals surface area contributed by atoms with Crippen molar-refractivity contribution >= 4 is 43.2 Å². The van der Waals surface area contributed by atoms with E-state index in [1.807, 2.05) is 13.8 Å². The summed E-state index contributed by atoms with van der Waals surface area (Å²) < 4.78 is 40.8. The summed E-state index contributed by atoms with van der Waals surface area (Å²) in [6.07, 6.45) is 1.22. The van der Waals surface area contributed by atoms with Gasteiger partial charge in [-0.1, -0.05) is 25.4 Å². The Morgan fingerprint density at radius 1 is 1.47 bits per heavy atom. The van der Waals surface area contributed by atoms with Gasteiger partial charge in [0.15, 0.2) is 5.82 Å². The van der Waals surface area contributed by atoms with Crippen molar-refractivity contribution in [2.45, 2.75) is 37.6 Å². The molecule has 4 nitrogen and oxygen atoms in total. The second-order valence-electron chi connectivity index (χ2n) is 4.03. The molecule has 8 heteroatoms. The van der Waals surface area contributed by atoms with Crippen LogP contribution in [-0.4, -0.2) is 14.5 Å². The van der Waals surface area contributed by atoms with Gasteiger partial charge < -0.3 is 5.73 Å². The van der Waals surface area contributed by atoms with Gasteiger partial charge >= 0.3 is 0 Å². The number of rotatable bonds is 5. The average Bonchev–Trinajstić information content (AvgIpc) is 2.37. The number of sulfonamides is 1. The molecule has 0 saturated carbocycles. The molecule has 3 N–H and O–H groups in total. The largest absolute Gasteiger partial charge is 0.395 e. The van der Waals surface area contributed by atoms with Gasteiger partial charge in [0.25, 0.3) is 0 Å². The van der Waals surface area contributed by atoms with Gasteiger partial charge in [-0.15, -0.1) is 0 Å². The van der Waals surface area contributed by atoms with Crippen LogP contribution < -0.4 is 10.5 Å². The zero-order chi connectivity index (χ0) is 14.8. The molecule has 0 amide bonds. The second-order valence-corrected chi connectivity index (χ2v) is 6.92. The fourth-order valence-corrected chi connectivity index (χ4v) is 3.62. The molecule has 0 saturated heterocycles. The normalized spacial score (nSPS) is 12.1. The van der Waals surface area contributed by atoms with Crippen molar-refractivity contribution in [3.05, 3.63) is 21.4 Å². The Balaban J connectivity index is 3.30. The number of anilines is 1. The van der Waals surface area contributed by atoms with Gasteiger partial charge in [-0.25, -0.2) is 17.5 Å². The highest BCUT2D eigenvalue weighted by Crippen LogP contribution is 2.34. The van der Waals surface area contributed by atoms with E-state index in [9.17, 15) is 12.8 Å². The van der Waals surface area contributed by atoms with Crippen molar-refractivity contribution < 1.29 is 12.8 Å². The highest BCUT2D eigenvalue weighted by Gasteiger charge is 2.25. The predicted molar refractivity (Wildman–Crippen MR) is 78.2 cm³/mol. The van der Waals surface area contributed by atoms with Crippen LogP contribution in [0.4, 0.5) is 10.1 Å². The van der Waals surface area contributed by atoms with Crippen molar-refractivity contribution in [1.82, 2.24) is 4.72 Å². The van der Waals surface area contributed by atoms with Crippen LogP contribution in [0.2, 0.25) is 5.02 Å². The highest BCUT2D eigenvalue weighted by molar-refractivity contribution is 9.10. The molecule has 0 aliphatic heterocycles. The molecule has 0 heterocycles. The van der Waals surface area contributed by atoms with Gasteiger partial charge in [-0.05, 0) is 34.8 Å². The average molecular weight is 374 g/mol. The van der Waals surface area contributed by atoms with Crippen LogP contribution in [-0.2, 0) is 10.0 Å². The van der Waals surface area contributed by atoms with Gasteiger partial charge in [0.05, 0.1) is 15.2 Å². The summed E-state index contributed by atoms with van der Waals surface area (Å²) in [4.78, 5) is -0.537. The van der Waals surface area contributed by atoms with Crippen molar-refractivity contribution in [2.75, 3.05) is 5.73 Å². The van der Waals surface area contributed by atoms with Crippen molar-refractivity contribution in [3.63, 3.8) is 0 Å². The Morgan fingerprint density at radius 3 is 2.47 bits per heavy atom. The minimum absolute atomic E-state index is 0.0452. The van der Waals surface area contributed by atoms with Crippen LogP contribution in [0.3, 0.4) is 0 Å². The number of halogens is 3. The third kappa shape index (κ3) is 3.59. The Morgan fingerprint density at radius 2 is 2.00 bits per heavy atom. The lowest BCUT2D eigenvalue weighted by molar-refractivity contribution is 0.521. The fourth-order valence-electron chi connectivity index (χ4n) is 1.53. The minimum Gasteiger partial charge on any atom is -0.395 e. The molecular weight excluding hydrogens is 359 g/mol. The first kappa shape index (κ1) is 16.7. The summed E-state index contributed by atoms with van der Waals surface area (Å²) >= 11 is 8.81. The van der Waals surface area contributed by atoms with Crippen LogP contribution in [0.1, 0.15) is 26.7 Å². The van der Waals surface area contributed by atoms with E-state index < -0.39 is 20.7 Å². The number of nitrogen functional groups attached to an aromatic ring is 1. The van der Waals surface area contributed by atoms with E-state index in [1.54, 1.807) is 0 Å². The Kier molecular flexibility index (Phi) is 5.61. The van der Waals surface area contributed by atoms with E-state index in [-0.39, 0.29) is 21.2 Å². The van der Waals surface area contributed by atoms with Crippen LogP contribution >= 0.6 is 27.5 Å². The molecular formula is C11H15BrClFN2O2S. The summed E-state index contributed by atoms with van der Waals surface area (Å²) in [7, 11) is -3.99. The summed E-state index contributed by atoms with van der Waals surface area (Å²) in [5.74, 6) is -1.00. The van der Waals surface area contributed by atoms with E-state index in [2.05, 4.69) is 20.7 Å².